The Morgan fingerprint density at radius 2 is 1.88 bits per heavy atom. The van der Waals surface area contributed by atoms with E-state index in [2.05, 4.69) is 64.6 Å². The van der Waals surface area contributed by atoms with Crippen molar-refractivity contribution in [1.29, 1.82) is 0 Å². The predicted octanol–water partition coefficient (Wildman–Crippen LogP) is 5.42. The molecule has 1 saturated heterocycles. The third kappa shape index (κ3) is 5.21. The summed E-state index contributed by atoms with van der Waals surface area (Å²) in [5.74, 6) is 1.31. The van der Waals surface area contributed by atoms with E-state index in [0.29, 0.717) is 26.1 Å². The summed E-state index contributed by atoms with van der Waals surface area (Å²) < 4.78 is 2.27. The molecule has 0 saturated carbocycles. The van der Waals surface area contributed by atoms with Gasteiger partial charge in [0, 0.05) is 62.4 Å². The van der Waals surface area contributed by atoms with Crippen LogP contribution in [-0.4, -0.2) is 62.7 Å². The molecule has 9 heteroatoms. The Morgan fingerprint density at radius 3 is 2.72 bits per heavy atom. The number of carbonyl (C=O) groups excluding carboxylic acids is 2. The van der Waals surface area contributed by atoms with Gasteiger partial charge in [0.05, 0.1) is 17.1 Å². The highest BCUT2D eigenvalue weighted by Gasteiger charge is 2.34. The van der Waals surface area contributed by atoms with E-state index in [1.54, 1.807) is 0 Å². The molecule has 1 aliphatic carbocycles. The van der Waals surface area contributed by atoms with Gasteiger partial charge in [-0.2, -0.15) is 5.10 Å². The zero-order valence-electron chi connectivity index (χ0n) is 24.9. The molecule has 222 valence electrons. The number of aromatic nitrogens is 2. The van der Waals surface area contributed by atoms with Crippen LogP contribution in [0.4, 0.5) is 10.5 Å². The lowest BCUT2D eigenvalue weighted by molar-refractivity contribution is -0.133. The molecule has 3 atom stereocenters. The Labute approximate surface area is 252 Å². The summed E-state index contributed by atoms with van der Waals surface area (Å²) in [7, 11) is 0. The van der Waals surface area contributed by atoms with E-state index < -0.39 is 0 Å². The van der Waals surface area contributed by atoms with E-state index in [1.807, 2.05) is 46.3 Å². The number of rotatable bonds is 7. The predicted molar refractivity (Wildman–Crippen MR) is 169 cm³/mol. The minimum Gasteiger partial charge on any atom is -0.343 e. The first-order valence-corrected chi connectivity index (χ1v) is 15.5. The molecule has 9 nitrogen and oxygen atoms in total. The fourth-order valence-corrected chi connectivity index (χ4v) is 7.29. The minimum atomic E-state index is -0.0555. The maximum absolute atomic E-state index is 13.9. The van der Waals surface area contributed by atoms with Gasteiger partial charge < -0.3 is 25.1 Å². The molecule has 2 aromatic carbocycles. The number of hydrazone groups is 1. The van der Waals surface area contributed by atoms with Crippen LogP contribution in [0.2, 0.25) is 0 Å². The number of hydrogen-bond donors (Lipinski definition) is 2. The topological polar surface area (TPSA) is 94.9 Å². The van der Waals surface area contributed by atoms with Crippen LogP contribution in [0.5, 0.6) is 0 Å². The second-order valence-corrected chi connectivity index (χ2v) is 12.2. The van der Waals surface area contributed by atoms with Gasteiger partial charge in [-0.05, 0) is 62.4 Å². The Morgan fingerprint density at radius 1 is 1.09 bits per heavy atom. The maximum Gasteiger partial charge on any atom is 0.322 e. The van der Waals surface area contributed by atoms with Crippen molar-refractivity contribution in [2.45, 2.75) is 70.6 Å². The van der Waals surface area contributed by atoms with Gasteiger partial charge in [0.1, 0.15) is 5.82 Å². The summed E-state index contributed by atoms with van der Waals surface area (Å²) in [5, 5.41) is 7.34. The molecule has 2 N–H and O–H groups in total. The van der Waals surface area contributed by atoms with Crippen molar-refractivity contribution in [3.8, 4) is 0 Å². The number of likely N-dealkylation sites (tertiary alicyclic amines) is 1. The third-order valence-corrected chi connectivity index (χ3v) is 9.54. The summed E-state index contributed by atoms with van der Waals surface area (Å²) in [4.78, 5) is 35.8. The Kier molecular flexibility index (Phi) is 7.24. The number of anilines is 1. The Bertz CT molecular complexity index is 1650. The number of piperidine rings is 1. The number of allylic oxidation sites excluding steroid dienone is 2. The van der Waals surface area contributed by atoms with Crippen LogP contribution in [0.3, 0.4) is 0 Å². The van der Waals surface area contributed by atoms with Crippen molar-refractivity contribution < 1.29 is 9.59 Å². The van der Waals surface area contributed by atoms with E-state index in [0.717, 1.165) is 53.9 Å². The fraction of sp³-hybridized carbons (Fsp3) is 0.412. The molecule has 0 radical (unpaired) electrons. The second-order valence-electron chi connectivity index (χ2n) is 12.2. The number of amides is 3. The average molecular weight is 578 g/mol. The van der Waals surface area contributed by atoms with Gasteiger partial charge in [0.15, 0.2) is 0 Å². The van der Waals surface area contributed by atoms with Crippen LogP contribution < -0.4 is 10.7 Å². The molecule has 1 fully saturated rings. The SMILES string of the molecule is CCn1c(C(CC(=O)N2CCC(N3Cc4ccccc4NC3=O)CC2)CC2=CC3C=NNC3C(C)=C2)nc2ccccc21. The van der Waals surface area contributed by atoms with E-state index in [4.69, 9.17) is 4.98 Å². The van der Waals surface area contributed by atoms with E-state index in [9.17, 15) is 9.59 Å². The zero-order chi connectivity index (χ0) is 29.5. The summed E-state index contributed by atoms with van der Waals surface area (Å²) in [5.41, 5.74) is 9.81. The number of hydrogen-bond acceptors (Lipinski definition) is 5. The van der Waals surface area contributed by atoms with Crippen molar-refractivity contribution in [2.24, 2.45) is 11.0 Å². The number of nitrogens with one attached hydrogen (secondary N) is 2. The molecular weight excluding hydrogens is 538 g/mol. The Balaban J connectivity index is 1.09. The Hall–Kier alpha value is -4.40. The van der Waals surface area contributed by atoms with Crippen molar-refractivity contribution >= 4 is 34.9 Å². The van der Waals surface area contributed by atoms with Crippen molar-refractivity contribution in [1.82, 2.24) is 24.8 Å². The molecule has 3 amide bonds. The molecule has 0 spiro atoms. The van der Waals surface area contributed by atoms with Crippen molar-refractivity contribution in [3.05, 3.63) is 83.2 Å². The van der Waals surface area contributed by atoms with Crippen LogP contribution in [-0.2, 0) is 17.9 Å². The number of aryl methyl sites for hydroxylation is 1. The van der Waals surface area contributed by atoms with Gasteiger partial charge in [-0.1, -0.05) is 48.1 Å². The molecule has 4 heterocycles. The standard InChI is InChI=1S/C34H39N7O2/c1-3-40-30-11-7-6-10-29(30)36-33(40)25(17-23-16-22(2)32-26(18-23)20-35-38-32)19-31(42)39-14-12-27(13-15-39)41-21-24-8-4-5-9-28(24)37-34(41)43/h4-11,16,18,20,25-27,32,38H,3,12-15,17,19,21H2,1-2H3,(H,37,43). The van der Waals surface area contributed by atoms with Gasteiger partial charge in [-0.3, -0.25) is 4.79 Å². The van der Waals surface area contributed by atoms with Gasteiger partial charge in [0.2, 0.25) is 5.91 Å². The minimum absolute atomic E-state index is 0.0455. The lowest BCUT2D eigenvalue weighted by Gasteiger charge is -2.40. The lowest BCUT2D eigenvalue weighted by Crippen LogP contribution is -2.51. The number of para-hydroxylation sites is 3. The molecule has 1 aromatic heterocycles. The number of imidazole rings is 1. The van der Waals surface area contributed by atoms with Crippen LogP contribution in [0.1, 0.15) is 56.8 Å². The van der Waals surface area contributed by atoms with E-state index in [-0.39, 0.29) is 35.9 Å². The zero-order valence-corrected chi connectivity index (χ0v) is 24.9. The smallest absolute Gasteiger partial charge is 0.322 e. The molecule has 0 bridgehead atoms. The van der Waals surface area contributed by atoms with Crippen LogP contribution in [0, 0.1) is 5.92 Å². The van der Waals surface area contributed by atoms with Gasteiger partial charge in [-0.15, -0.1) is 0 Å². The number of nitrogens with zero attached hydrogens (tertiary/aromatic N) is 5. The van der Waals surface area contributed by atoms with Crippen LogP contribution in [0.15, 0.2) is 76.9 Å². The number of fused-ring (bicyclic) bond motifs is 3. The molecular formula is C34H39N7O2. The van der Waals surface area contributed by atoms with Gasteiger partial charge in [-0.25, -0.2) is 9.78 Å². The van der Waals surface area contributed by atoms with E-state index in [1.165, 1.54) is 11.1 Å². The molecule has 43 heavy (non-hydrogen) atoms. The largest absolute Gasteiger partial charge is 0.343 e. The number of urea groups is 1. The summed E-state index contributed by atoms with van der Waals surface area (Å²) in [6, 6.07) is 16.5. The van der Waals surface area contributed by atoms with E-state index >= 15 is 0 Å². The first kappa shape index (κ1) is 27.4. The van der Waals surface area contributed by atoms with Crippen LogP contribution >= 0.6 is 0 Å². The highest BCUT2D eigenvalue weighted by molar-refractivity contribution is 5.92. The van der Waals surface area contributed by atoms with Crippen molar-refractivity contribution in [3.63, 3.8) is 0 Å². The highest BCUT2D eigenvalue weighted by Crippen LogP contribution is 2.35. The normalized spacial score (nSPS) is 22.4. The quantitative estimate of drug-likeness (QED) is 0.392. The number of benzene rings is 2. The average Bonchev–Trinajstić information content (AvgIpc) is 3.65. The number of carbonyl (C=O) groups is 2. The van der Waals surface area contributed by atoms with Gasteiger partial charge in [0.25, 0.3) is 0 Å². The third-order valence-electron chi connectivity index (χ3n) is 9.54. The van der Waals surface area contributed by atoms with Crippen molar-refractivity contribution in [2.75, 3.05) is 18.4 Å². The molecule has 3 aliphatic heterocycles. The lowest BCUT2D eigenvalue weighted by atomic mass is 9.83. The molecule has 4 aliphatic rings. The fourth-order valence-electron chi connectivity index (χ4n) is 7.29. The monoisotopic (exact) mass is 577 g/mol. The summed E-state index contributed by atoms with van der Waals surface area (Å²) in [6.07, 6.45) is 9.23. The molecule has 7 rings (SSSR count). The van der Waals surface area contributed by atoms with Crippen LogP contribution in [0.25, 0.3) is 11.0 Å². The first-order valence-electron chi connectivity index (χ1n) is 15.5. The molecule has 3 unspecified atom stereocenters. The second kappa shape index (κ2) is 11.4. The molecule has 3 aromatic rings. The van der Waals surface area contributed by atoms with Gasteiger partial charge >= 0.3 is 6.03 Å². The maximum atomic E-state index is 13.9. The summed E-state index contributed by atoms with van der Waals surface area (Å²) in [6.45, 7) is 7.01. The first-order chi connectivity index (χ1) is 21.0. The summed E-state index contributed by atoms with van der Waals surface area (Å²) >= 11 is 0. The highest BCUT2D eigenvalue weighted by atomic mass is 16.2.